The van der Waals surface area contributed by atoms with Gasteiger partial charge in [-0.05, 0) is 6.42 Å². The lowest BCUT2D eigenvalue weighted by Gasteiger charge is -2.38. The molecule has 0 spiro atoms. The van der Waals surface area contributed by atoms with E-state index in [1.54, 1.807) is 0 Å². The Morgan fingerprint density at radius 1 is 1.17 bits per heavy atom. The van der Waals surface area contributed by atoms with Crippen LogP contribution in [-0.4, -0.2) is 24.9 Å². The summed E-state index contributed by atoms with van der Waals surface area (Å²) in [6.07, 6.45) is 0.581. The van der Waals surface area contributed by atoms with Crippen LogP contribution in [0.25, 0.3) is 0 Å². The molecule has 1 aromatic carbocycles. The minimum atomic E-state index is -0.285. The van der Waals surface area contributed by atoms with E-state index >= 15 is 0 Å². The SMILES string of the molecule is CC.CCC1(CO)COC(c2ccccc2)OC1. The molecule has 1 N–H and O–H groups in total. The molecule has 3 heteroatoms. The maximum absolute atomic E-state index is 9.34. The average molecular weight is 252 g/mol. The van der Waals surface area contributed by atoms with Gasteiger partial charge in [0.1, 0.15) is 0 Å². The van der Waals surface area contributed by atoms with E-state index in [1.165, 1.54) is 0 Å². The molecule has 2 rings (SSSR count). The van der Waals surface area contributed by atoms with Gasteiger partial charge in [0.15, 0.2) is 6.29 Å². The standard InChI is InChI=1S/C13H18O3.C2H6/c1-2-13(8-14)9-15-12(16-10-13)11-6-4-3-5-7-11;1-2/h3-7,12,14H,2,8-10H2,1H3;1-2H3. The Hall–Kier alpha value is -0.900. The molecule has 3 nitrogen and oxygen atoms in total. The molecule has 0 atom stereocenters. The first-order valence-electron chi connectivity index (χ1n) is 6.69. The highest BCUT2D eigenvalue weighted by Crippen LogP contribution is 2.33. The van der Waals surface area contributed by atoms with Crippen LogP contribution in [-0.2, 0) is 9.47 Å². The Morgan fingerprint density at radius 2 is 1.72 bits per heavy atom. The van der Waals surface area contributed by atoms with Crippen LogP contribution in [0.3, 0.4) is 0 Å². The van der Waals surface area contributed by atoms with E-state index in [4.69, 9.17) is 9.47 Å². The predicted octanol–water partition coefficient (Wildman–Crippen LogP) is 3.15. The molecule has 1 fully saturated rings. The van der Waals surface area contributed by atoms with Gasteiger partial charge in [-0.2, -0.15) is 0 Å². The summed E-state index contributed by atoms with van der Waals surface area (Å²) in [5.74, 6) is 0. The van der Waals surface area contributed by atoms with E-state index in [1.807, 2.05) is 51.1 Å². The zero-order valence-corrected chi connectivity index (χ0v) is 11.6. The maximum atomic E-state index is 9.34. The van der Waals surface area contributed by atoms with Gasteiger partial charge in [0.05, 0.1) is 19.8 Å². The fraction of sp³-hybridized carbons (Fsp3) is 0.600. The number of aliphatic hydroxyl groups is 1. The molecule has 1 saturated heterocycles. The molecule has 1 heterocycles. The monoisotopic (exact) mass is 252 g/mol. The van der Waals surface area contributed by atoms with Gasteiger partial charge >= 0.3 is 0 Å². The molecular weight excluding hydrogens is 228 g/mol. The Bertz CT molecular complexity index is 310. The lowest BCUT2D eigenvalue weighted by Crippen LogP contribution is -2.41. The number of hydrogen-bond acceptors (Lipinski definition) is 3. The molecule has 102 valence electrons. The highest BCUT2D eigenvalue weighted by atomic mass is 16.7. The van der Waals surface area contributed by atoms with E-state index in [9.17, 15) is 5.11 Å². The van der Waals surface area contributed by atoms with Crippen molar-refractivity contribution in [1.29, 1.82) is 0 Å². The van der Waals surface area contributed by atoms with Gasteiger partial charge in [-0.25, -0.2) is 0 Å². The smallest absolute Gasteiger partial charge is 0.183 e. The predicted molar refractivity (Wildman–Crippen MR) is 72.2 cm³/mol. The second-order valence-electron chi connectivity index (χ2n) is 4.38. The van der Waals surface area contributed by atoms with Crippen LogP contribution in [0.1, 0.15) is 39.0 Å². The summed E-state index contributed by atoms with van der Waals surface area (Å²) in [5, 5.41) is 9.34. The molecule has 0 bridgehead atoms. The van der Waals surface area contributed by atoms with Crippen molar-refractivity contribution in [2.45, 2.75) is 33.5 Å². The van der Waals surface area contributed by atoms with Crippen molar-refractivity contribution >= 4 is 0 Å². The third-order valence-electron chi connectivity index (χ3n) is 3.24. The molecule has 1 aromatic rings. The lowest BCUT2D eigenvalue weighted by molar-refractivity contribution is -0.241. The normalized spacial score (nSPS) is 27.2. The van der Waals surface area contributed by atoms with E-state index in [0.717, 1.165) is 12.0 Å². The van der Waals surface area contributed by atoms with E-state index in [-0.39, 0.29) is 18.3 Å². The Balaban J connectivity index is 0.000000771. The van der Waals surface area contributed by atoms with Gasteiger partial charge < -0.3 is 14.6 Å². The van der Waals surface area contributed by atoms with Crippen LogP contribution in [0.4, 0.5) is 0 Å². The summed E-state index contributed by atoms with van der Waals surface area (Å²) in [6, 6.07) is 9.88. The fourth-order valence-corrected chi connectivity index (χ4v) is 1.80. The van der Waals surface area contributed by atoms with Crippen molar-refractivity contribution < 1.29 is 14.6 Å². The highest BCUT2D eigenvalue weighted by Gasteiger charge is 2.35. The number of ether oxygens (including phenoxy) is 2. The zero-order chi connectivity index (χ0) is 13.4. The third kappa shape index (κ3) is 3.55. The van der Waals surface area contributed by atoms with E-state index < -0.39 is 0 Å². The quantitative estimate of drug-likeness (QED) is 0.898. The van der Waals surface area contributed by atoms with Crippen molar-refractivity contribution in [3.05, 3.63) is 35.9 Å². The molecule has 1 aliphatic heterocycles. The van der Waals surface area contributed by atoms with Gasteiger partial charge in [-0.1, -0.05) is 51.1 Å². The van der Waals surface area contributed by atoms with Crippen molar-refractivity contribution in [3.63, 3.8) is 0 Å². The second kappa shape index (κ2) is 7.52. The van der Waals surface area contributed by atoms with E-state index in [0.29, 0.717) is 13.2 Å². The molecule has 0 radical (unpaired) electrons. The topological polar surface area (TPSA) is 38.7 Å². The lowest BCUT2D eigenvalue weighted by atomic mass is 9.87. The van der Waals surface area contributed by atoms with Crippen LogP contribution in [0.5, 0.6) is 0 Å². The summed E-state index contributed by atoms with van der Waals surface area (Å²) >= 11 is 0. The summed E-state index contributed by atoms with van der Waals surface area (Å²) in [4.78, 5) is 0. The van der Waals surface area contributed by atoms with Gasteiger partial charge in [-0.3, -0.25) is 0 Å². The summed E-state index contributed by atoms with van der Waals surface area (Å²) in [7, 11) is 0. The maximum Gasteiger partial charge on any atom is 0.183 e. The first-order chi connectivity index (χ1) is 8.79. The molecule has 18 heavy (non-hydrogen) atoms. The first kappa shape index (κ1) is 15.2. The van der Waals surface area contributed by atoms with Crippen LogP contribution >= 0.6 is 0 Å². The van der Waals surface area contributed by atoms with Gasteiger partial charge in [0.25, 0.3) is 0 Å². The number of rotatable bonds is 3. The molecule has 0 amide bonds. The first-order valence-corrected chi connectivity index (χ1v) is 6.69. The Labute approximate surface area is 110 Å². The summed E-state index contributed by atoms with van der Waals surface area (Å²) in [5.41, 5.74) is 0.816. The molecular formula is C15H24O3. The van der Waals surface area contributed by atoms with Gasteiger partial charge in [0.2, 0.25) is 0 Å². The van der Waals surface area contributed by atoms with Crippen LogP contribution in [0, 0.1) is 5.41 Å². The number of hydrogen-bond donors (Lipinski definition) is 1. The van der Waals surface area contributed by atoms with Crippen LogP contribution in [0.2, 0.25) is 0 Å². The number of aliphatic hydroxyl groups excluding tert-OH is 1. The largest absolute Gasteiger partial charge is 0.396 e. The fourth-order valence-electron chi connectivity index (χ4n) is 1.80. The summed E-state index contributed by atoms with van der Waals surface area (Å²) in [6.45, 7) is 7.27. The minimum Gasteiger partial charge on any atom is -0.396 e. The van der Waals surface area contributed by atoms with Crippen molar-refractivity contribution in [2.24, 2.45) is 5.41 Å². The van der Waals surface area contributed by atoms with Crippen molar-refractivity contribution in [2.75, 3.05) is 19.8 Å². The number of benzene rings is 1. The summed E-state index contributed by atoms with van der Waals surface area (Å²) < 4.78 is 11.4. The third-order valence-corrected chi connectivity index (χ3v) is 3.24. The molecule has 0 unspecified atom stereocenters. The zero-order valence-electron chi connectivity index (χ0n) is 11.6. The van der Waals surface area contributed by atoms with Crippen LogP contribution in [0.15, 0.2) is 30.3 Å². The minimum absolute atomic E-state index is 0.116. The molecule has 0 aromatic heterocycles. The van der Waals surface area contributed by atoms with Gasteiger partial charge in [0, 0.05) is 11.0 Å². The molecule has 0 aliphatic carbocycles. The Morgan fingerprint density at radius 3 is 2.17 bits per heavy atom. The van der Waals surface area contributed by atoms with Crippen LogP contribution < -0.4 is 0 Å². The second-order valence-corrected chi connectivity index (χ2v) is 4.38. The molecule has 1 aliphatic rings. The van der Waals surface area contributed by atoms with Crippen molar-refractivity contribution in [1.82, 2.24) is 0 Å². The van der Waals surface area contributed by atoms with Gasteiger partial charge in [-0.15, -0.1) is 0 Å². The average Bonchev–Trinajstić information content (AvgIpc) is 2.50. The Kier molecular flexibility index (Phi) is 6.33. The van der Waals surface area contributed by atoms with Crippen molar-refractivity contribution in [3.8, 4) is 0 Å². The molecule has 0 saturated carbocycles. The van der Waals surface area contributed by atoms with E-state index in [2.05, 4.69) is 0 Å². The highest BCUT2D eigenvalue weighted by molar-refractivity contribution is 5.16.